The van der Waals surface area contributed by atoms with Crippen LogP contribution in [0.25, 0.3) is 11.6 Å². The lowest BCUT2D eigenvalue weighted by atomic mass is 10.2. The first-order chi connectivity index (χ1) is 9.83. The largest absolute Gasteiger partial charge is 0.461 e. The number of rotatable bonds is 4. The van der Waals surface area contributed by atoms with Crippen molar-refractivity contribution >= 4 is 0 Å². The van der Waals surface area contributed by atoms with Gasteiger partial charge in [-0.15, -0.1) is 5.10 Å². The van der Waals surface area contributed by atoms with E-state index in [2.05, 4.69) is 5.10 Å². The lowest BCUT2D eigenvalue weighted by Crippen LogP contribution is -2.29. The maximum Gasteiger partial charge on any atom is 0.346 e. The minimum atomic E-state index is -0.0469. The summed E-state index contributed by atoms with van der Waals surface area (Å²) >= 11 is 0. The van der Waals surface area contributed by atoms with Crippen LogP contribution in [0.5, 0.6) is 0 Å². The Bertz CT molecular complexity index is 646. The van der Waals surface area contributed by atoms with Gasteiger partial charge >= 0.3 is 5.69 Å². The number of ether oxygens (including phenoxy) is 1. The van der Waals surface area contributed by atoms with Gasteiger partial charge in [-0.25, -0.2) is 9.48 Å². The van der Waals surface area contributed by atoms with Crippen LogP contribution in [-0.4, -0.2) is 27.1 Å². The van der Waals surface area contributed by atoms with Gasteiger partial charge in [0.2, 0.25) is 5.82 Å². The molecule has 20 heavy (non-hydrogen) atoms. The topological polar surface area (TPSA) is 62.2 Å². The predicted octanol–water partition coefficient (Wildman–Crippen LogP) is 1.82. The molecule has 2 aromatic heterocycles. The lowest BCUT2D eigenvalue weighted by molar-refractivity contribution is 0.0929. The third-order valence-electron chi connectivity index (χ3n) is 3.92. The molecule has 0 N–H and O–H groups in total. The van der Waals surface area contributed by atoms with Crippen LogP contribution < -0.4 is 5.69 Å². The van der Waals surface area contributed by atoms with Gasteiger partial charge in [-0.1, -0.05) is 0 Å². The lowest BCUT2D eigenvalue weighted by Gasteiger charge is -2.07. The second-order valence-corrected chi connectivity index (χ2v) is 5.50. The molecular weight excluding hydrogens is 258 g/mol. The molecule has 0 radical (unpaired) electrons. The molecule has 106 valence electrons. The zero-order valence-electron chi connectivity index (χ0n) is 11.2. The van der Waals surface area contributed by atoms with Crippen LogP contribution in [-0.2, 0) is 11.3 Å². The van der Waals surface area contributed by atoms with Crippen LogP contribution in [0.3, 0.4) is 0 Å². The van der Waals surface area contributed by atoms with Crippen molar-refractivity contribution < 1.29 is 9.15 Å². The fourth-order valence-electron chi connectivity index (χ4n) is 2.76. The van der Waals surface area contributed by atoms with Crippen LogP contribution in [0, 0.1) is 0 Å². The Balaban J connectivity index is 1.72. The first-order valence-electron chi connectivity index (χ1n) is 7.18. The summed E-state index contributed by atoms with van der Waals surface area (Å²) in [4.78, 5) is 12.5. The van der Waals surface area contributed by atoms with E-state index in [1.807, 2.05) is 12.1 Å². The standard InChI is InChI=1S/C14H17N3O3/c18-14-16(9-11-3-1-7-19-11)15-13(12-4-2-8-20-12)17(14)10-5-6-10/h2,4,8,10-11H,1,3,5-7,9H2. The molecule has 1 unspecified atom stereocenters. The van der Waals surface area contributed by atoms with E-state index in [0.29, 0.717) is 18.1 Å². The molecule has 1 atom stereocenters. The molecule has 0 bridgehead atoms. The van der Waals surface area contributed by atoms with Gasteiger partial charge < -0.3 is 9.15 Å². The molecule has 1 saturated carbocycles. The second kappa shape index (κ2) is 4.63. The van der Waals surface area contributed by atoms with Crippen LogP contribution in [0.2, 0.25) is 0 Å². The van der Waals surface area contributed by atoms with E-state index < -0.39 is 0 Å². The van der Waals surface area contributed by atoms with Crippen LogP contribution in [0.1, 0.15) is 31.7 Å². The molecule has 1 saturated heterocycles. The molecule has 1 aliphatic heterocycles. The summed E-state index contributed by atoms with van der Waals surface area (Å²) in [7, 11) is 0. The molecule has 3 heterocycles. The Hall–Kier alpha value is -1.82. The van der Waals surface area contributed by atoms with Gasteiger partial charge in [-0.2, -0.15) is 0 Å². The molecule has 0 spiro atoms. The molecule has 6 heteroatoms. The summed E-state index contributed by atoms with van der Waals surface area (Å²) in [5, 5.41) is 4.47. The van der Waals surface area contributed by atoms with E-state index in [0.717, 1.165) is 32.3 Å². The van der Waals surface area contributed by atoms with Gasteiger partial charge in [0, 0.05) is 12.6 Å². The van der Waals surface area contributed by atoms with Crippen molar-refractivity contribution in [3.05, 3.63) is 28.9 Å². The average molecular weight is 275 g/mol. The van der Waals surface area contributed by atoms with Gasteiger partial charge in [-0.05, 0) is 37.8 Å². The number of hydrogen-bond acceptors (Lipinski definition) is 4. The molecule has 2 aliphatic rings. The highest BCUT2D eigenvalue weighted by molar-refractivity contribution is 5.46. The molecule has 2 fully saturated rings. The Labute approximate surface area is 116 Å². The zero-order valence-corrected chi connectivity index (χ0v) is 11.2. The summed E-state index contributed by atoms with van der Waals surface area (Å²) in [5.74, 6) is 1.29. The first kappa shape index (κ1) is 12.0. The summed E-state index contributed by atoms with van der Waals surface area (Å²) in [6.07, 6.45) is 5.86. The first-order valence-corrected chi connectivity index (χ1v) is 7.18. The van der Waals surface area contributed by atoms with Crippen molar-refractivity contribution in [2.24, 2.45) is 0 Å². The SMILES string of the molecule is O=c1n(CC2CCCO2)nc(-c2ccco2)n1C1CC1. The maximum atomic E-state index is 12.5. The molecule has 6 nitrogen and oxygen atoms in total. The van der Waals surface area contributed by atoms with Crippen LogP contribution in [0.15, 0.2) is 27.6 Å². The van der Waals surface area contributed by atoms with E-state index in [1.54, 1.807) is 10.8 Å². The predicted molar refractivity (Wildman–Crippen MR) is 71.4 cm³/mol. The molecule has 2 aromatic rings. The van der Waals surface area contributed by atoms with Gasteiger partial charge in [0.25, 0.3) is 0 Å². The highest BCUT2D eigenvalue weighted by atomic mass is 16.5. The van der Waals surface area contributed by atoms with E-state index in [9.17, 15) is 4.79 Å². The third kappa shape index (κ3) is 2.00. The van der Waals surface area contributed by atoms with Gasteiger partial charge in [-0.3, -0.25) is 4.57 Å². The quantitative estimate of drug-likeness (QED) is 0.854. The Morgan fingerprint density at radius 2 is 2.25 bits per heavy atom. The Kier molecular flexibility index (Phi) is 2.77. The monoisotopic (exact) mass is 275 g/mol. The summed E-state index contributed by atoms with van der Waals surface area (Å²) in [6, 6.07) is 3.94. The van der Waals surface area contributed by atoms with Gasteiger partial charge in [0.15, 0.2) is 5.76 Å². The number of aromatic nitrogens is 3. The van der Waals surface area contributed by atoms with Crippen molar-refractivity contribution in [1.82, 2.24) is 14.3 Å². The minimum Gasteiger partial charge on any atom is -0.461 e. The van der Waals surface area contributed by atoms with Gasteiger partial charge in [0.1, 0.15) is 0 Å². The minimum absolute atomic E-state index is 0.0469. The summed E-state index contributed by atoms with van der Waals surface area (Å²) in [6.45, 7) is 1.32. The smallest absolute Gasteiger partial charge is 0.346 e. The number of furan rings is 1. The fraction of sp³-hybridized carbons (Fsp3) is 0.571. The highest BCUT2D eigenvalue weighted by Crippen LogP contribution is 2.36. The third-order valence-corrected chi connectivity index (χ3v) is 3.92. The fourth-order valence-corrected chi connectivity index (χ4v) is 2.76. The van der Waals surface area contributed by atoms with Gasteiger partial charge in [0.05, 0.1) is 18.9 Å². The molecule has 0 amide bonds. The molecule has 1 aliphatic carbocycles. The molecular formula is C14H17N3O3. The van der Waals surface area contributed by atoms with Crippen molar-refractivity contribution in [2.45, 2.75) is 44.4 Å². The average Bonchev–Trinajstić information content (AvgIpc) is 2.89. The van der Waals surface area contributed by atoms with Crippen molar-refractivity contribution in [3.8, 4) is 11.6 Å². The molecule has 0 aromatic carbocycles. The van der Waals surface area contributed by atoms with E-state index in [4.69, 9.17) is 9.15 Å². The normalized spacial score (nSPS) is 22.5. The van der Waals surface area contributed by atoms with E-state index >= 15 is 0 Å². The van der Waals surface area contributed by atoms with Crippen molar-refractivity contribution in [1.29, 1.82) is 0 Å². The van der Waals surface area contributed by atoms with Crippen LogP contribution in [0.4, 0.5) is 0 Å². The second-order valence-electron chi connectivity index (χ2n) is 5.50. The van der Waals surface area contributed by atoms with Crippen molar-refractivity contribution in [2.75, 3.05) is 6.61 Å². The zero-order chi connectivity index (χ0) is 13.5. The van der Waals surface area contributed by atoms with Crippen molar-refractivity contribution in [3.63, 3.8) is 0 Å². The number of nitrogens with zero attached hydrogens (tertiary/aromatic N) is 3. The number of hydrogen-bond donors (Lipinski definition) is 0. The Morgan fingerprint density at radius 1 is 1.35 bits per heavy atom. The van der Waals surface area contributed by atoms with E-state index in [-0.39, 0.29) is 17.8 Å². The maximum absolute atomic E-state index is 12.5. The summed E-state index contributed by atoms with van der Waals surface area (Å²) in [5.41, 5.74) is -0.0469. The molecule has 4 rings (SSSR count). The van der Waals surface area contributed by atoms with Crippen LogP contribution >= 0.6 is 0 Å². The highest BCUT2D eigenvalue weighted by Gasteiger charge is 2.32. The summed E-state index contributed by atoms with van der Waals surface area (Å²) < 4.78 is 14.3. The van der Waals surface area contributed by atoms with E-state index in [1.165, 1.54) is 4.68 Å². The Morgan fingerprint density at radius 3 is 2.90 bits per heavy atom.